The molecule has 1 aliphatic rings. The van der Waals surface area contributed by atoms with Crippen LogP contribution < -0.4 is 4.31 Å². The van der Waals surface area contributed by atoms with Gasteiger partial charge in [-0.2, -0.15) is 0 Å². The van der Waals surface area contributed by atoms with E-state index in [-0.39, 0.29) is 27.9 Å². The van der Waals surface area contributed by atoms with Crippen LogP contribution in [0.3, 0.4) is 0 Å². The SMILES string of the molecule is CCN(c1ccccc1)S(=O)(=O)c1ccc(Cl)c(C(=O)OC(C)C(=O)N2CCCCCC2)c1. The second-order valence-corrected chi connectivity index (χ2v) is 10.2. The monoisotopic (exact) mass is 492 g/mol. The van der Waals surface area contributed by atoms with Crippen molar-refractivity contribution in [1.82, 2.24) is 4.90 Å². The molecule has 0 bridgehead atoms. The lowest BCUT2D eigenvalue weighted by Gasteiger charge is -2.24. The van der Waals surface area contributed by atoms with E-state index in [0.717, 1.165) is 25.7 Å². The van der Waals surface area contributed by atoms with Crippen molar-refractivity contribution < 1.29 is 22.7 Å². The molecule has 2 aromatic rings. The van der Waals surface area contributed by atoms with Crippen LogP contribution in [0.5, 0.6) is 0 Å². The fourth-order valence-corrected chi connectivity index (χ4v) is 5.55. The van der Waals surface area contributed by atoms with Crippen LogP contribution in [-0.2, 0) is 19.6 Å². The van der Waals surface area contributed by atoms with Crippen molar-refractivity contribution in [2.45, 2.75) is 50.5 Å². The predicted molar refractivity (Wildman–Crippen MR) is 128 cm³/mol. The Hall–Kier alpha value is -2.58. The van der Waals surface area contributed by atoms with Crippen molar-refractivity contribution in [3.05, 3.63) is 59.1 Å². The van der Waals surface area contributed by atoms with E-state index in [2.05, 4.69) is 0 Å². The minimum absolute atomic E-state index is 0.0520. The lowest BCUT2D eigenvalue weighted by Crippen LogP contribution is -2.40. The standard InChI is InChI=1S/C24H29ClN2O5S/c1-3-27(19-11-7-6-8-12-19)33(30,31)20-13-14-22(25)21(17-20)24(29)32-18(2)23(28)26-15-9-4-5-10-16-26/h6-8,11-14,17-18H,3-5,9-10,15-16H2,1-2H3. The highest BCUT2D eigenvalue weighted by Gasteiger charge is 2.28. The third-order valence-electron chi connectivity index (χ3n) is 5.63. The third kappa shape index (κ3) is 5.86. The first-order chi connectivity index (χ1) is 15.8. The van der Waals surface area contributed by atoms with E-state index in [4.69, 9.17) is 16.3 Å². The highest BCUT2D eigenvalue weighted by atomic mass is 35.5. The summed E-state index contributed by atoms with van der Waals surface area (Å²) >= 11 is 6.20. The summed E-state index contributed by atoms with van der Waals surface area (Å²) in [5, 5.41) is 0.0520. The number of sulfonamides is 1. The van der Waals surface area contributed by atoms with Crippen molar-refractivity contribution in [1.29, 1.82) is 0 Å². The van der Waals surface area contributed by atoms with Crippen LogP contribution in [0.15, 0.2) is 53.4 Å². The summed E-state index contributed by atoms with van der Waals surface area (Å²) in [6.45, 7) is 4.73. The first kappa shape index (κ1) is 25.1. The van der Waals surface area contributed by atoms with Gasteiger partial charge in [0.15, 0.2) is 6.10 Å². The van der Waals surface area contributed by atoms with Gasteiger partial charge in [0.25, 0.3) is 15.9 Å². The van der Waals surface area contributed by atoms with Crippen molar-refractivity contribution in [2.24, 2.45) is 0 Å². The van der Waals surface area contributed by atoms with Crippen LogP contribution in [0, 0.1) is 0 Å². The summed E-state index contributed by atoms with van der Waals surface area (Å²) in [6.07, 6.45) is 3.00. The molecule has 0 aromatic heterocycles. The average molecular weight is 493 g/mol. The molecule has 1 heterocycles. The first-order valence-corrected chi connectivity index (χ1v) is 12.9. The molecular formula is C24H29ClN2O5S. The molecule has 1 saturated heterocycles. The zero-order valence-electron chi connectivity index (χ0n) is 18.9. The average Bonchev–Trinajstić information content (AvgIpc) is 3.09. The van der Waals surface area contributed by atoms with Crippen LogP contribution in [-0.4, -0.2) is 50.9 Å². The Morgan fingerprint density at radius 3 is 2.30 bits per heavy atom. The minimum atomic E-state index is -3.95. The quantitative estimate of drug-likeness (QED) is 0.531. The molecule has 33 heavy (non-hydrogen) atoms. The molecule has 0 N–H and O–H groups in total. The Kier molecular flexibility index (Phi) is 8.37. The van der Waals surface area contributed by atoms with Gasteiger partial charge in [-0.1, -0.05) is 42.6 Å². The van der Waals surface area contributed by atoms with Gasteiger partial charge in [0.1, 0.15) is 0 Å². The van der Waals surface area contributed by atoms with Crippen LogP contribution in [0.2, 0.25) is 5.02 Å². The normalized spacial score (nSPS) is 15.4. The lowest BCUT2D eigenvalue weighted by atomic mass is 10.2. The molecule has 0 radical (unpaired) electrons. The maximum absolute atomic E-state index is 13.3. The largest absolute Gasteiger partial charge is 0.449 e. The van der Waals surface area contributed by atoms with Gasteiger partial charge in [-0.3, -0.25) is 9.10 Å². The van der Waals surface area contributed by atoms with Gasteiger partial charge in [0.2, 0.25) is 0 Å². The first-order valence-electron chi connectivity index (χ1n) is 11.1. The maximum atomic E-state index is 13.3. The number of carbonyl (C=O) groups excluding carboxylic acids is 2. The number of hydrogen-bond donors (Lipinski definition) is 0. The molecule has 1 unspecified atom stereocenters. The second-order valence-electron chi connectivity index (χ2n) is 7.93. The summed E-state index contributed by atoms with van der Waals surface area (Å²) in [6, 6.07) is 12.6. The van der Waals surface area contributed by atoms with Crippen LogP contribution in [0.25, 0.3) is 0 Å². The van der Waals surface area contributed by atoms with E-state index in [0.29, 0.717) is 18.8 Å². The number of hydrogen-bond acceptors (Lipinski definition) is 5. The van der Waals surface area contributed by atoms with Gasteiger partial charge in [-0.25, -0.2) is 13.2 Å². The van der Waals surface area contributed by atoms with Gasteiger partial charge in [-0.05, 0) is 57.0 Å². The zero-order valence-corrected chi connectivity index (χ0v) is 20.4. The molecule has 0 aliphatic carbocycles. The summed E-state index contributed by atoms with van der Waals surface area (Å²) in [4.78, 5) is 27.2. The molecule has 1 aliphatic heterocycles. The number of likely N-dealkylation sites (tertiary alicyclic amines) is 1. The number of anilines is 1. The van der Waals surface area contributed by atoms with Crippen LogP contribution in [0.4, 0.5) is 5.69 Å². The summed E-state index contributed by atoms with van der Waals surface area (Å²) in [5.74, 6) is -1.10. The van der Waals surface area contributed by atoms with Crippen molar-refractivity contribution in [3.63, 3.8) is 0 Å². The smallest absolute Gasteiger partial charge is 0.340 e. The number of esters is 1. The molecule has 178 valence electrons. The van der Waals surface area contributed by atoms with Gasteiger partial charge in [-0.15, -0.1) is 0 Å². The van der Waals surface area contributed by atoms with Crippen molar-refractivity contribution in [2.75, 3.05) is 23.9 Å². The van der Waals surface area contributed by atoms with Crippen molar-refractivity contribution in [3.8, 4) is 0 Å². The molecule has 0 saturated carbocycles. The topological polar surface area (TPSA) is 84.0 Å². The van der Waals surface area contributed by atoms with E-state index < -0.39 is 22.1 Å². The van der Waals surface area contributed by atoms with Gasteiger partial charge >= 0.3 is 5.97 Å². The fourth-order valence-electron chi connectivity index (χ4n) is 3.86. The highest BCUT2D eigenvalue weighted by Crippen LogP contribution is 2.27. The summed E-state index contributed by atoms with van der Waals surface area (Å²) in [5.41, 5.74) is 0.410. The molecule has 1 atom stereocenters. The molecule has 1 fully saturated rings. The minimum Gasteiger partial charge on any atom is -0.449 e. The Labute approximate surface area is 200 Å². The molecule has 0 spiro atoms. The molecule has 2 aromatic carbocycles. The fraction of sp³-hybridized carbons (Fsp3) is 0.417. The molecule has 3 rings (SSSR count). The van der Waals surface area contributed by atoms with E-state index in [9.17, 15) is 18.0 Å². The van der Waals surface area contributed by atoms with Gasteiger partial charge in [0, 0.05) is 19.6 Å². The number of halogens is 1. The number of para-hydroxylation sites is 1. The summed E-state index contributed by atoms with van der Waals surface area (Å²) in [7, 11) is -3.95. The molecule has 1 amide bonds. The van der Waals surface area contributed by atoms with Crippen LogP contribution in [0.1, 0.15) is 49.9 Å². The Morgan fingerprint density at radius 2 is 1.70 bits per heavy atom. The predicted octanol–water partition coefficient (Wildman–Crippen LogP) is 4.50. The van der Waals surface area contributed by atoms with Gasteiger partial charge in [0.05, 0.1) is 21.2 Å². The van der Waals surface area contributed by atoms with Crippen LogP contribution >= 0.6 is 11.6 Å². The number of benzene rings is 2. The molecular weight excluding hydrogens is 464 g/mol. The number of carbonyl (C=O) groups is 2. The Balaban J connectivity index is 1.81. The maximum Gasteiger partial charge on any atom is 0.340 e. The highest BCUT2D eigenvalue weighted by molar-refractivity contribution is 7.92. The molecule has 9 heteroatoms. The third-order valence-corrected chi connectivity index (χ3v) is 7.85. The second kappa shape index (κ2) is 11.0. The number of nitrogens with zero attached hydrogens (tertiary/aromatic N) is 2. The number of amides is 1. The van der Waals surface area contributed by atoms with E-state index in [1.54, 1.807) is 42.2 Å². The van der Waals surface area contributed by atoms with E-state index >= 15 is 0 Å². The van der Waals surface area contributed by atoms with Gasteiger partial charge < -0.3 is 9.64 Å². The zero-order chi connectivity index (χ0) is 24.0. The van der Waals surface area contributed by atoms with E-state index in [1.165, 1.54) is 29.4 Å². The van der Waals surface area contributed by atoms with E-state index in [1.807, 2.05) is 0 Å². The van der Waals surface area contributed by atoms with Crippen molar-refractivity contribution >= 4 is 39.2 Å². The number of ether oxygens (including phenoxy) is 1. The summed E-state index contributed by atoms with van der Waals surface area (Å²) < 4.78 is 33.2. The molecule has 7 nitrogen and oxygen atoms in total. The Morgan fingerprint density at radius 1 is 1.06 bits per heavy atom. The lowest BCUT2D eigenvalue weighted by molar-refractivity contribution is -0.139. The Bertz CT molecular complexity index is 1080. The number of rotatable bonds is 7.